The number of nitrogens with zero attached hydrogens (tertiary/aromatic N) is 2. The maximum atomic E-state index is 12.6. The minimum Gasteiger partial charge on any atom is -0.372 e. The van der Waals surface area contributed by atoms with Gasteiger partial charge in [-0.05, 0) is 38.3 Å². The molecule has 21 heavy (non-hydrogen) atoms. The number of fused-ring (bicyclic) bond motifs is 1. The Kier molecular flexibility index (Phi) is 3.72. The summed E-state index contributed by atoms with van der Waals surface area (Å²) in [5.41, 5.74) is 2.25. The third kappa shape index (κ3) is 2.81. The predicted molar refractivity (Wildman–Crippen MR) is 83.3 cm³/mol. The van der Waals surface area contributed by atoms with Crippen molar-refractivity contribution < 1.29 is 9.53 Å². The highest BCUT2D eigenvalue weighted by Crippen LogP contribution is 2.20. The summed E-state index contributed by atoms with van der Waals surface area (Å²) in [5.74, 6) is 0.168. The van der Waals surface area contributed by atoms with Crippen LogP contribution in [-0.2, 0) is 16.1 Å². The first kappa shape index (κ1) is 14.1. The van der Waals surface area contributed by atoms with Gasteiger partial charge in [0, 0.05) is 24.3 Å². The summed E-state index contributed by atoms with van der Waals surface area (Å²) >= 11 is 0. The fourth-order valence-electron chi connectivity index (χ4n) is 3.18. The maximum Gasteiger partial charge on any atom is 0.242 e. The maximum absolute atomic E-state index is 12.6. The largest absolute Gasteiger partial charge is 0.372 e. The van der Waals surface area contributed by atoms with Gasteiger partial charge in [0.05, 0.1) is 12.2 Å². The van der Waals surface area contributed by atoms with Crippen LogP contribution in [0, 0.1) is 6.92 Å². The van der Waals surface area contributed by atoms with Gasteiger partial charge < -0.3 is 14.2 Å². The summed E-state index contributed by atoms with van der Waals surface area (Å²) in [7, 11) is 0. The van der Waals surface area contributed by atoms with Gasteiger partial charge in [-0.3, -0.25) is 4.79 Å². The summed E-state index contributed by atoms with van der Waals surface area (Å²) in [6, 6.07) is 10.3. The first-order valence-electron chi connectivity index (χ1n) is 7.52. The molecule has 0 unspecified atom stereocenters. The van der Waals surface area contributed by atoms with Gasteiger partial charge in [0.25, 0.3) is 0 Å². The van der Waals surface area contributed by atoms with Crippen LogP contribution in [0.2, 0.25) is 0 Å². The van der Waals surface area contributed by atoms with Crippen LogP contribution in [0.4, 0.5) is 0 Å². The average molecular weight is 286 g/mol. The Balaban J connectivity index is 1.81. The smallest absolute Gasteiger partial charge is 0.242 e. The summed E-state index contributed by atoms with van der Waals surface area (Å²) in [4.78, 5) is 14.5. The van der Waals surface area contributed by atoms with Gasteiger partial charge in [0.15, 0.2) is 0 Å². The second-order valence-electron chi connectivity index (χ2n) is 5.99. The summed E-state index contributed by atoms with van der Waals surface area (Å²) < 4.78 is 7.79. The number of carbonyl (C=O) groups excluding carboxylic acids is 1. The number of amides is 1. The molecule has 0 N–H and O–H groups in total. The molecule has 1 saturated heterocycles. The fraction of sp³-hybridized carbons (Fsp3) is 0.471. The molecule has 4 heteroatoms. The quantitative estimate of drug-likeness (QED) is 0.850. The van der Waals surface area contributed by atoms with Crippen molar-refractivity contribution in [3.05, 3.63) is 36.0 Å². The Hall–Kier alpha value is -1.81. The molecule has 4 nitrogen and oxygen atoms in total. The molecule has 1 aromatic heterocycles. The van der Waals surface area contributed by atoms with Crippen molar-refractivity contribution in [1.82, 2.24) is 9.47 Å². The normalized spacial score (nSPS) is 22.7. The number of carbonyl (C=O) groups is 1. The zero-order chi connectivity index (χ0) is 15.0. The van der Waals surface area contributed by atoms with Gasteiger partial charge in [0.1, 0.15) is 6.54 Å². The lowest BCUT2D eigenvalue weighted by molar-refractivity contribution is -0.143. The second kappa shape index (κ2) is 5.53. The van der Waals surface area contributed by atoms with Crippen molar-refractivity contribution >= 4 is 16.8 Å². The number of aryl methyl sites for hydroxylation is 1. The minimum atomic E-state index is 0.111. The van der Waals surface area contributed by atoms with Gasteiger partial charge in [-0.2, -0.15) is 0 Å². The zero-order valence-corrected chi connectivity index (χ0v) is 12.9. The highest BCUT2D eigenvalue weighted by Gasteiger charge is 2.26. The lowest BCUT2D eigenvalue weighted by Gasteiger charge is -2.35. The molecular weight excluding hydrogens is 264 g/mol. The molecule has 2 aromatic rings. The Morgan fingerprint density at radius 3 is 2.62 bits per heavy atom. The molecule has 0 saturated carbocycles. The van der Waals surface area contributed by atoms with E-state index in [0.717, 1.165) is 11.2 Å². The van der Waals surface area contributed by atoms with E-state index in [1.807, 2.05) is 30.9 Å². The van der Waals surface area contributed by atoms with Crippen molar-refractivity contribution in [2.24, 2.45) is 0 Å². The fourth-order valence-corrected chi connectivity index (χ4v) is 3.18. The van der Waals surface area contributed by atoms with E-state index in [0.29, 0.717) is 19.6 Å². The van der Waals surface area contributed by atoms with E-state index in [2.05, 4.69) is 29.7 Å². The molecule has 1 aliphatic heterocycles. The van der Waals surface area contributed by atoms with Crippen LogP contribution >= 0.6 is 0 Å². The van der Waals surface area contributed by atoms with Crippen LogP contribution in [0.5, 0.6) is 0 Å². The second-order valence-corrected chi connectivity index (χ2v) is 5.99. The number of aromatic nitrogens is 1. The molecule has 1 aromatic carbocycles. The predicted octanol–water partition coefficient (Wildman–Crippen LogP) is 2.59. The van der Waals surface area contributed by atoms with E-state index in [1.165, 1.54) is 5.39 Å². The van der Waals surface area contributed by atoms with Gasteiger partial charge in [-0.25, -0.2) is 0 Å². The monoisotopic (exact) mass is 286 g/mol. The van der Waals surface area contributed by atoms with E-state index in [9.17, 15) is 4.79 Å². The number of benzene rings is 1. The Labute approximate surface area is 125 Å². The van der Waals surface area contributed by atoms with E-state index < -0.39 is 0 Å². The molecule has 0 bridgehead atoms. The molecule has 0 aliphatic carbocycles. The van der Waals surface area contributed by atoms with Crippen molar-refractivity contribution in [1.29, 1.82) is 0 Å². The van der Waals surface area contributed by atoms with Crippen LogP contribution in [-0.4, -0.2) is 40.7 Å². The lowest BCUT2D eigenvalue weighted by Crippen LogP contribution is -2.49. The first-order chi connectivity index (χ1) is 10.0. The van der Waals surface area contributed by atoms with Gasteiger partial charge in [-0.15, -0.1) is 0 Å². The van der Waals surface area contributed by atoms with Gasteiger partial charge in [0.2, 0.25) is 5.91 Å². The first-order valence-corrected chi connectivity index (χ1v) is 7.52. The minimum absolute atomic E-state index is 0.111. The molecule has 112 valence electrons. The summed E-state index contributed by atoms with van der Waals surface area (Å²) in [6.45, 7) is 7.86. The van der Waals surface area contributed by atoms with Crippen molar-refractivity contribution in [3.63, 3.8) is 0 Å². The van der Waals surface area contributed by atoms with E-state index in [-0.39, 0.29) is 18.1 Å². The van der Waals surface area contributed by atoms with Crippen LogP contribution in [0.15, 0.2) is 30.3 Å². The molecule has 3 rings (SSSR count). The molecular formula is C17H22N2O2. The van der Waals surface area contributed by atoms with Crippen molar-refractivity contribution in [2.75, 3.05) is 13.1 Å². The van der Waals surface area contributed by atoms with Gasteiger partial charge in [-0.1, -0.05) is 18.2 Å². The number of morpholine rings is 1. The Bertz CT molecular complexity index is 652. The molecule has 0 radical (unpaired) electrons. The molecule has 1 amide bonds. The third-order valence-electron chi connectivity index (χ3n) is 4.08. The highest BCUT2D eigenvalue weighted by atomic mass is 16.5. The SMILES string of the molecule is Cc1cc2ccccc2n1CC(=O)N1C[C@@H](C)O[C@H](C)C1. The molecule has 2 heterocycles. The summed E-state index contributed by atoms with van der Waals surface area (Å²) in [5, 5.41) is 1.19. The van der Waals surface area contributed by atoms with Crippen LogP contribution in [0.25, 0.3) is 10.9 Å². The van der Waals surface area contributed by atoms with Crippen LogP contribution in [0.3, 0.4) is 0 Å². The van der Waals surface area contributed by atoms with Crippen molar-refractivity contribution in [2.45, 2.75) is 39.5 Å². The number of ether oxygens (including phenoxy) is 1. The molecule has 1 aliphatic rings. The number of rotatable bonds is 2. The third-order valence-corrected chi connectivity index (χ3v) is 4.08. The van der Waals surface area contributed by atoms with E-state index >= 15 is 0 Å². The molecule has 1 fully saturated rings. The van der Waals surface area contributed by atoms with Gasteiger partial charge >= 0.3 is 0 Å². The molecule has 0 spiro atoms. The number of hydrogen-bond acceptors (Lipinski definition) is 2. The highest BCUT2D eigenvalue weighted by molar-refractivity contribution is 5.84. The van der Waals surface area contributed by atoms with Crippen LogP contribution in [0.1, 0.15) is 19.5 Å². The standard InChI is InChI=1S/C17H22N2O2/c1-12-8-15-6-4-5-7-16(15)19(12)11-17(20)18-9-13(2)21-14(3)10-18/h4-8,13-14H,9-11H2,1-3H3/t13-,14-/m1/s1. The topological polar surface area (TPSA) is 34.5 Å². The zero-order valence-electron chi connectivity index (χ0n) is 12.9. The molecule has 2 atom stereocenters. The summed E-state index contributed by atoms with van der Waals surface area (Å²) in [6.07, 6.45) is 0.223. The number of para-hydroxylation sites is 1. The Morgan fingerprint density at radius 2 is 1.90 bits per heavy atom. The average Bonchev–Trinajstić information content (AvgIpc) is 2.74. The van der Waals surface area contributed by atoms with Crippen LogP contribution < -0.4 is 0 Å². The number of hydrogen-bond donors (Lipinski definition) is 0. The van der Waals surface area contributed by atoms with Crippen molar-refractivity contribution in [3.8, 4) is 0 Å². The lowest BCUT2D eigenvalue weighted by atomic mass is 10.2. The van der Waals surface area contributed by atoms with E-state index in [4.69, 9.17) is 4.74 Å². The Morgan fingerprint density at radius 1 is 1.24 bits per heavy atom. The van der Waals surface area contributed by atoms with E-state index in [1.54, 1.807) is 0 Å².